The van der Waals surface area contributed by atoms with E-state index in [4.69, 9.17) is 20.1 Å². The number of ether oxygens (including phenoxy) is 1. The highest BCUT2D eigenvalue weighted by Crippen LogP contribution is 2.10. The highest BCUT2D eigenvalue weighted by molar-refractivity contribution is 5.87. The summed E-state index contributed by atoms with van der Waals surface area (Å²) in [5.41, 5.74) is 0.384. The molecule has 0 aromatic heterocycles. The second kappa shape index (κ2) is 9.15. The van der Waals surface area contributed by atoms with Crippen molar-refractivity contribution in [2.75, 3.05) is 6.61 Å². The van der Waals surface area contributed by atoms with Gasteiger partial charge in [-0.2, -0.15) is 0 Å². The first kappa shape index (κ1) is 16.1. The van der Waals surface area contributed by atoms with E-state index in [2.05, 4.69) is 6.58 Å². The summed E-state index contributed by atoms with van der Waals surface area (Å²) in [6, 6.07) is 0. The molecule has 0 heterocycles. The Morgan fingerprint density at radius 2 is 1.88 bits per heavy atom. The predicted octanol–water partition coefficient (Wildman–Crippen LogP) is 0.728. The lowest BCUT2D eigenvalue weighted by atomic mass is 10.1. The van der Waals surface area contributed by atoms with Crippen LogP contribution in [0.2, 0.25) is 0 Å². The third-order valence-corrected chi connectivity index (χ3v) is 2.19. The first-order valence-electron chi connectivity index (χ1n) is 5.82. The Hall–Kier alpha value is -0.910. The van der Waals surface area contributed by atoms with Gasteiger partial charge in [-0.05, 0) is 32.6 Å². The first-order valence-corrected chi connectivity index (χ1v) is 5.82. The number of hydrogen-bond donors (Lipinski definition) is 3. The molecular weight excluding hydrogens is 224 g/mol. The van der Waals surface area contributed by atoms with Crippen molar-refractivity contribution in [2.24, 2.45) is 0 Å². The zero-order valence-electron chi connectivity index (χ0n) is 10.3. The fraction of sp³-hybridized carbons (Fsp3) is 0.750. The van der Waals surface area contributed by atoms with E-state index in [-0.39, 0.29) is 6.61 Å². The van der Waals surface area contributed by atoms with Crippen LogP contribution in [-0.2, 0) is 9.53 Å². The Bertz CT molecular complexity index is 235. The molecule has 0 spiro atoms. The molecule has 0 fully saturated rings. The summed E-state index contributed by atoms with van der Waals surface area (Å²) in [6.45, 7) is 5.13. The van der Waals surface area contributed by atoms with E-state index in [1.807, 2.05) is 0 Å². The minimum Gasteiger partial charge on any atom is -0.460 e. The van der Waals surface area contributed by atoms with Crippen molar-refractivity contribution in [3.63, 3.8) is 0 Å². The van der Waals surface area contributed by atoms with E-state index < -0.39 is 18.4 Å². The van der Waals surface area contributed by atoms with Crippen LogP contribution < -0.4 is 0 Å². The topological polar surface area (TPSA) is 87.0 Å². The van der Waals surface area contributed by atoms with Gasteiger partial charge in [0.15, 0.2) is 6.29 Å². The van der Waals surface area contributed by atoms with Crippen LogP contribution in [-0.4, -0.2) is 40.3 Å². The van der Waals surface area contributed by atoms with Crippen LogP contribution in [0.4, 0.5) is 0 Å². The molecule has 100 valence electrons. The van der Waals surface area contributed by atoms with Crippen molar-refractivity contribution in [1.29, 1.82) is 0 Å². The molecule has 0 bridgehead atoms. The minimum absolute atomic E-state index is 0.0193. The Morgan fingerprint density at radius 1 is 1.24 bits per heavy atom. The summed E-state index contributed by atoms with van der Waals surface area (Å²) in [5, 5.41) is 26.1. The van der Waals surface area contributed by atoms with Crippen molar-refractivity contribution >= 4 is 5.97 Å². The summed E-state index contributed by atoms with van der Waals surface area (Å²) in [4.78, 5) is 11.3. The lowest BCUT2D eigenvalue weighted by Gasteiger charge is -2.08. The molecule has 0 aromatic carbocycles. The highest BCUT2D eigenvalue weighted by Gasteiger charge is 2.09. The van der Waals surface area contributed by atoms with E-state index in [1.165, 1.54) is 6.92 Å². The highest BCUT2D eigenvalue weighted by atomic mass is 16.5. The van der Waals surface area contributed by atoms with Gasteiger partial charge in [0, 0.05) is 5.57 Å². The molecule has 0 radical (unpaired) electrons. The molecule has 5 heteroatoms. The number of rotatable bonds is 9. The van der Waals surface area contributed by atoms with Crippen LogP contribution >= 0.6 is 0 Å². The van der Waals surface area contributed by atoms with Gasteiger partial charge in [0.1, 0.15) is 6.61 Å². The van der Waals surface area contributed by atoms with Gasteiger partial charge in [0.05, 0.1) is 6.10 Å². The molecule has 0 rings (SSSR count). The van der Waals surface area contributed by atoms with Gasteiger partial charge in [-0.3, -0.25) is 0 Å². The molecule has 1 atom stereocenters. The Labute approximate surface area is 102 Å². The summed E-state index contributed by atoms with van der Waals surface area (Å²) in [5.74, 6) is -0.479. The van der Waals surface area contributed by atoms with Crippen LogP contribution in [0.1, 0.15) is 39.0 Å². The number of unbranched alkanes of at least 4 members (excludes halogenated alkanes) is 2. The summed E-state index contributed by atoms with van der Waals surface area (Å²) >= 11 is 0. The molecule has 3 N–H and O–H groups in total. The van der Waals surface area contributed by atoms with Gasteiger partial charge in [-0.15, -0.1) is 0 Å². The molecule has 5 nitrogen and oxygen atoms in total. The zero-order valence-corrected chi connectivity index (χ0v) is 10.3. The molecule has 0 aliphatic rings. The van der Waals surface area contributed by atoms with Crippen molar-refractivity contribution in [2.45, 2.75) is 51.4 Å². The normalized spacial score (nSPS) is 12.5. The lowest BCUT2D eigenvalue weighted by Crippen LogP contribution is -2.16. The molecule has 0 saturated carbocycles. The van der Waals surface area contributed by atoms with Crippen molar-refractivity contribution in [3.8, 4) is 0 Å². The Balaban J connectivity index is 3.54. The first-order chi connectivity index (χ1) is 7.93. The summed E-state index contributed by atoms with van der Waals surface area (Å²) in [7, 11) is 0. The molecule has 0 aliphatic carbocycles. The van der Waals surface area contributed by atoms with Crippen LogP contribution in [0.3, 0.4) is 0 Å². The minimum atomic E-state index is -1.26. The third kappa shape index (κ3) is 9.99. The van der Waals surface area contributed by atoms with Crippen molar-refractivity contribution in [1.82, 2.24) is 0 Å². The fourth-order valence-corrected chi connectivity index (χ4v) is 1.24. The van der Waals surface area contributed by atoms with Crippen LogP contribution in [0, 0.1) is 0 Å². The van der Waals surface area contributed by atoms with Crippen LogP contribution in [0.25, 0.3) is 0 Å². The molecule has 17 heavy (non-hydrogen) atoms. The number of aliphatic hydroxyl groups excluding tert-OH is 2. The maximum atomic E-state index is 11.3. The van der Waals surface area contributed by atoms with Crippen molar-refractivity contribution in [3.05, 3.63) is 12.2 Å². The number of carbonyl (C=O) groups excluding carboxylic acids is 1. The van der Waals surface area contributed by atoms with E-state index in [0.717, 1.165) is 12.8 Å². The van der Waals surface area contributed by atoms with Crippen molar-refractivity contribution < 1.29 is 24.9 Å². The van der Waals surface area contributed by atoms with Gasteiger partial charge in [-0.1, -0.05) is 13.0 Å². The zero-order chi connectivity index (χ0) is 13.3. The average Bonchev–Trinajstić information content (AvgIpc) is 2.24. The smallest absolute Gasteiger partial charge is 0.333 e. The van der Waals surface area contributed by atoms with E-state index in [0.29, 0.717) is 24.8 Å². The lowest BCUT2D eigenvalue weighted by molar-refractivity contribution is -0.141. The number of esters is 1. The van der Waals surface area contributed by atoms with Crippen LogP contribution in [0.15, 0.2) is 12.2 Å². The molecular formula is C12H22O5. The van der Waals surface area contributed by atoms with Gasteiger partial charge in [0.25, 0.3) is 0 Å². The molecule has 0 amide bonds. The summed E-state index contributed by atoms with van der Waals surface area (Å²) < 4.78 is 4.79. The fourth-order valence-electron chi connectivity index (χ4n) is 1.24. The van der Waals surface area contributed by atoms with Gasteiger partial charge < -0.3 is 20.1 Å². The van der Waals surface area contributed by atoms with E-state index >= 15 is 0 Å². The monoisotopic (exact) mass is 246 g/mol. The molecule has 0 saturated heterocycles. The largest absolute Gasteiger partial charge is 0.460 e. The van der Waals surface area contributed by atoms with Gasteiger partial charge in [0.2, 0.25) is 0 Å². The number of hydrogen-bond acceptors (Lipinski definition) is 5. The van der Waals surface area contributed by atoms with E-state index in [1.54, 1.807) is 0 Å². The molecule has 0 aliphatic heterocycles. The Kier molecular flexibility index (Phi) is 8.66. The molecule has 0 aromatic rings. The van der Waals surface area contributed by atoms with Crippen LogP contribution in [0.5, 0.6) is 0 Å². The Morgan fingerprint density at radius 3 is 2.41 bits per heavy atom. The third-order valence-electron chi connectivity index (χ3n) is 2.19. The summed E-state index contributed by atoms with van der Waals surface area (Å²) in [6.07, 6.45) is 1.22. The quantitative estimate of drug-likeness (QED) is 0.241. The standard InChI is InChI=1S/C12H22O5/c1-9(12(16)17-8-10(2)13)6-4-3-5-7-11(14)15/h10-11,13-15H,1,3-8H2,2H3. The van der Waals surface area contributed by atoms with Gasteiger partial charge in [-0.25, -0.2) is 4.79 Å². The second-order valence-corrected chi connectivity index (χ2v) is 4.13. The molecule has 1 unspecified atom stereocenters. The maximum absolute atomic E-state index is 11.3. The second-order valence-electron chi connectivity index (χ2n) is 4.13. The average molecular weight is 246 g/mol. The number of aliphatic hydroxyl groups is 3. The van der Waals surface area contributed by atoms with E-state index in [9.17, 15) is 4.79 Å². The maximum Gasteiger partial charge on any atom is 0.333 e. The van der Waals surface area contributed by atoms with Gasteiger partial charge >= 0.3 is 5.97 Å². The number of carbonyl (C=O) groups is 1. The SMILES string of the molecule is C=C(CCCCCC(O)O)C(=O)OCC(C)O. The predicted molar refractivity (Wildman–Crippen MR) is 63.1 cm³/mol.